The summed E-state index contributed by atoms with van der Waals surface area (Å²) in [6.45, 7) is 6.01. The summed E-state index contributed by atoms with van der Waals surface area (Å²) < 4.78 is 7.84. The first-order valence-corrected chi connectivity index (χ1v) is 11.2. The van der Waals surface area contributed by atoms with Gasteiger partial charge in [-0.15, -0.1) is 0 Å². The molecule has 0 unspecified atom stereocenters. The first kappa shape index (κ1) is 23.1. The lowest BCUT2D eigenvalue weighted by atomic mass is 10.1. The van der Waals surface area contributed by atoms with Crippen molar-refractivity contribution in [3.8, 4) is 5.75 Å². The van der Waals surface area contributed by atoms with Gasteiger partial charge in [0.1, 0.15) is 5.82 Å². The third-order valence-electron chi connectivity index (χ3n) is 4.74. The lowest BCUT2D eigenvalue weighted by molar-refractivity contribution is -0.385. The molecule has 0 bridgehead atoms. The molecule has 0 saturated heterocycles. The highest BCUT2D eigenvalue weighted by atomic mass is 79.9. The van der Waals surface area contributed by atoms with Gasteiger partial charge < -0.3 is 4.74 Å². The number of aromatic nitrogens is 2. The van der Waals surface area contributed by atoms with E-state index >= 15 is 0 Å². The molecule has 0 N–H and O–H groups in total. The molecule has 2 aromatic carbocycles. The van der Waals surface area contributed by atoms with Crippen LogP contribution in [0.15, 0.2) is 49.2 Å². The fraction of sp³-hybridized carbons (Fsp3) is 0.286. The number of nitrogens with zero attached hydrogens (tertiary/aromatic N) is 4. The molecule has 162 valence electrons. The Morgan fingerprint density at radius 2 is 2.03 bits per heavy atom. The summed E-state index contributed by atoms with van der Waals surface area (Å²) in [6.07, 6.45) is 2.18. The lowest BCUT2D eigenvalue weighted by Gasteiger charge is -2.14. The third-order valence-corrected chi connectivity index (χ3v) is 5.82. The zero-order chi connectivity index (χ0) is 22.7. The standard InChI is InChI=1S/C21H20Br2N4O4/c1-4-12(3)20-25-17-7-6-14(22)10-15(17)21(28)26(20)24-11-13-8-16(23)19(31-5-2)18(9-13)27(29)30/h6-12H,4-5H2,1-3H3/t12-/m0/s1. The summed E-state index contributed by atoms with van der Waals surface area (Å²) in [7, 11) is 0. The number of rotatable bonds is 7. The summed E-state index contributed by atoms with van der Waals surface area (Å²) >= 11 is 6.70. The molecule has 0 aliphatic heterocycles. The van der Waals surface area contributed by atoms with Crippen LogP contribution in [0.2, 0.25) is 0 Å². The van der Waals surface area contributed by atoms with Gasteiger partial charge in [-0.25, -0.2) is 4.98 Å². The molecule has 10 heteroatoms. The van der Waals surface area contributed by atoms with Crippen LogP contribution in [0.25, 0.3) is 10.9 Å². The van der Waals surface area contributed by atoms with E-state index in [1.54, 1.807) is 25.1 Å². The van der Waals surface area contributed by atoms with Crippen LogP contribution in [0.1, 0.15) is 44.5 Å². The van der Waals surface area contributed by atoms with Gasteiger partial charge in [-0.3, -0.25) is 14.9 Å². The van der Waals surface area contributed by atoms with Crippen LogP contribution < -0.4 is 10.3 Å². The van der Waals surface area contributed by atoms with Gasteiger partial charge in [-0.1, -0.05) is 29.8 Å². The average Bonchev–Trinajstić information content (AvgIpc) is 2.74. The van der Waals surface area contributed by atoms with Gasteiger partial charge in [0.15, 0.2) is 0 Å². The van der Waals surface area contributed by atoms with E-state index in [0.717, 1.165) is 10.9 Å². The highest BCUT2D eigenvalue weighted by Gasteiger charge is 2.20. The Bertz CT molecular complexity index is 1240. The molecule has 0 amide bonds. The predicted molar refractivity (Wildman–Crippen MR) is 127 cm³/mol. The molecule has 8 nitrogen and oxygen atoms in total. The van der Waals surface area contributed by atoms with Crippen LogP contribution >= 0.6 is 31.9 Å². The zero-order valence-electron chi connectivity index (χ0n) is 17.1. The zero-order valence-corrected chi connectivity index (χ0v) is 20.3. The Morgan fingerprint density at radius 1 is 1.29 bits per heavy atom. The fourth-order valence-electron chi connectivity index (χ4n) is 3.00. The fourth-order valence-corrected chi connectivity index (χ4v) is 3.94. The minimum atomic E-state index is -0.515. The van der Waals surface area contributed by atoms with E-state index in [4.69, 9.17) is 4.74 Å². The number of hydrogen-bond acceptors (Lipinski definition) is 6. The van der Waals surface area contributed by atoms with E-state index in [1.165, 1.54) is 17.0 Å². The number of nitro benzene ring substituents is 1. The normalized spacial score (nSPS) is 12.4. The largest absolute Gasteiger partial charge is 0.486 e. The Morgan fingerprint density at radius 3 is 2.68 bits per heavy atom. The van der Waals surface area contributed by atoms with E-state index in [9.17, 15) is 14.9 Å². The molecule has 0 fully saturated rings. The second-order valence-electron chi connectivity index (χ2n) is 6.84. The highest BCUT2D eigenvalue weighted by molar-refractivity contribution is 9.10. The van der Waals surface area contributed by atoms with Crippen molar-refractivity contribution in [1.82, 2.24) is 9.66 Å². The maximum absolute atomic E-state index is 13.2. The Balaban J connectivity index is 2.17. The van der Waals surface area contributed by atoms with Crippen molar-refractivity contribution in [2.75, 3.05) is 6.61 Å². The summed E-state index contributed by atoms with van der Waals surface area (Å²) in [5.74, 6) is 0.664. The molecule has 3 aromatic rings. The maximum atomic E-state index is 13.2. The van der Waals surface area contributed by atoms with Crippen molar-refractivity contribution in [2.24, 2.45) is 5.10 Å². The van der Waals surface area contributed by atoms with Gasteiger partial charge in [0.05, 0.1) is 33.1 Å². The predicted octanol–water partition coefficient (Wildman–Crippen LogP) is 5.62. The van der Waals surface area contributed by atoms with Gasteiger partial charge in [-0.2, -0.15) is 9.78 Å². The molecular weight excluding hydrogens is 532 g/mol. The summed E-state index contributed by atoms with van der Waals surface area (Å²) in [4.78, 5) is 28.8. The Hall–Kier alpha value is -2.59. The van der Waals surface area contributed by atoms with Crippen molar-refractivity contribution in [3.05, 3.63) is 71.1 Å². The molecular formula is C21H20Br2N4O4. The second-order valence-corrected chi connectivity index (χ2v) is 8.61. The van der Waals surface area contributed by atoms with Crippen molar-refractivity contribution < 1.29 is 9.66 Å². The van der Waals surface area contributed by atoms with Crippen molar-refractivity contribution in [2.45, 2.75) is 33.1 Å². The second kappa shape index (κ2) is 9.69. The lowest BCUT2D eigenvalue weighted by Crippen LogP contribution is -2.23. The number of fused-ring (bicyclic) bond motifs is 1. The van der Waals surface area contributed by atoms with Crippen LogP contribution in [-0.4, -0.2) is 27.4 Å². The first-order valence-electron chi connectivity index (χ1n) is 9.64. The molecule has 1 atom stereocenters. The van der Waals surface area contributed by atoms with Crippen molar-refractivity contribution in [3.63, 3.8) is 0 Å². The minimum Gasteiger partial charge on any atom is -0.486 e. The van der Waals surface area contributed by atoms with Crippen LogP contribution in [-0.2, 0) is 0 Å². The van der Waals surface area contributed by atoms with Gasteiger partial charge >= 0.3 is 5.69 Å². The summed E-state index contributed by atoms with van der Waals surface area (Å²) in [5, 5.41) is 16.3. The van der Waals surface area contributed by atoms with Gasteiger partial charge in [0.2, 0.25) is 5.75 Å². The molecule has 0 aliphatic rings. The maximum Gasteiger partial charge on any atom is 0.312 e. The molecule has 1 aromatic heterocycles. The molecule has 0 saturated carbocycles. The van der Waals surface area contributed by atoms with E-state index in [-0.39, 0.29) is 22.9 Å². The number of halogens is 2. The molecule has 0 radical (unpaired) electrons. The van der Waals surface area contributed by atoms with E-state index in [1.807, 2.05) is 19.9 Å². The van der Waals surface area contributed by atoms with Crippen LogP contribution in [0.5, 0.6) is 5.75 Å². The minimum absolute atomic E-state index is 0.0145. The highest BCUT2D eigenvalue weighted by Crippen LogP contribution is 2.36. The molecule has 31 heavy (non-hydrogen) atoms. The molecule has 1 heterocycles. The Kier molecular flexibility index (Phi) is 7.22. The van der Waals surface area contributed by atoms with Crippen LogP contribution in [0.4, 0.5) is 5.69 Å². The first-order chi connectivity index (χ1) is 14.8. The number of nitro groups is 1. The third kappa shape index (κ3) is 4.85. The monoisotopic (exact) mass is 550 g/mol. The number of ether oxygens (including phenoxy) is 1. The van der Waals surface area contributed by atoms with E-state index in [2.05, 4.69) is 41.9 Å². The smallest absolute Gasteiger partial charge is 0.312 e. The average molecular weight is 552 g/mol. The van der Waals surface area contributed by atoms with Crippen LogP contribution in [0, 0.1) is 10.1 Å². The van der Waals surface area contributed by atoms with Crippen molar-refractivity contribution >= 4 is 54.7 Å². The van der Waals surface area contributed by atoms with Gasteiger partial charge in [-0.05, 0) is 53.5 Å². The Labute approximate surface area is 195 Å². The number of benzene rings is 2. The van der Waals surface area contributed by atoms with E-state index in [0.29, 0.717) is 33.4 Å². The van der Waals surface area contributed by atoms with E-state index < -0.39 is 4.92 Å². The molecule has 0 aliphatic carbocycles. The van der Waals surface area contributed by atoms with Gasteiger partial charge in [0, 0.05) is 22.0 Å². The SMILES string of the molecule is CCOc1c(Br)cc(C=Nn2c([C@@H](C)CC)nc3ccc(Br)cc3c2=O)cc1[N+](=O)[O-]. The van der Waals surface area contributed by atoms with Crippen molar-refractivity contribution in [1.29, 1.82) is 0 Å². The number of hydrogen-bond donors (Lipinski definition) is 0. The summed E-state index contributed by atoms with van der Waals surface area (Å²) in [6, 6.07) is 8.33. The topological polar surface area (TPSA) is 99.6 Å². The summed E-state index contributed by atoms with van der Waals surface area (Å²) in [5.41, 5.74) is 0.540. The molecule has 3 rings (SSSR count). The van der Waals surface area contributed by atoms with Gasteiger partial charge in [0.25, 0.3) is 5.56 Å². The quantitative estimate of drug-likeness (QED) is 0.215. The van der Waals surface area contributed by atoms with Crippen LogP contribution in [0.3, 0.4) is 0 Å². The molecule has 0 spiro atoms.